The van der Waals surface area contributed by atoms with Crippen molar-refractivity contribution in [3.63, 3.8) is 0 Å². The zero-order valence-electron chi connectivity index (χ0n) is 16.7. The second-order valence-electron chi connectivity index (χ2n) is 6.12. The van der Waals surface area contributed by atoms with Crippen LogP contribution in [0.5, 0.6) is 0 Å². The number of sulfonamides is 1. The summed E-state index contributed by atoms with van der Waals surface area (Å²) < 4.78 is 31.1. The highest BCUT2D eigenvalue weighted by Gasteiger charge is 2.05. The minimum atomic E-state index is -3.12. The Kier molecular flexibility index (Phi) is 11.7. The Bertz CT molecular complexity index is 636. The molecular weight excluding hydrogens is 364 g/mol. The fourth-order valence-corrected chi connectivity index (χ4v) is 2.96. The SMILES string of the molecule is CCNC(=NCCCOC(C)c1ccccc1)NCCCNS(=O)(=O)CC. The summed E-state index contributed by atoms with van der Waals surface area (Å²) in [5.74, 6) is 0.849. The highest BCUT2D eigenvalue weighted by molar-refractivity contribution is 7.89. The maximum atomic E-state index is 11.4. The predicted octanol–water partition coefficient (Wildman–Crippen LogP) is 2.04. The van der Waals surface area contributed by atoms with Crippen LogP contribution in [0.4, 0.5) is 0 Å². The third-order valence-electron chi connectivity index (χ3n) is 3.90. The second-order valence-corrected chi connectivity index (χ2v) is 8.21. The van der Waals surface area contributed by atoms with Crippen LogP contribution in [0.3, 0.4) is 0 Å². The third kappa shape index (κ3) is 10.9. The number of benzene rings is 1. The Morgan fingerprint density at radius 1 is 1.11 bits per heavy atom. The summed E-state index contributed by atoms with van der Waals surface area (Å²) in [6.07, 6.45) is 1.61. The molecule has 0 fully saturated rings. The molecule has 27 heavy (non-hydrogen) atoms. The van der Waals surface area contributed by atoms with Crippen molar-refractivity contribution in [1.29, 1.82) is 0 Å². The molecule has 0 heterocycles. The normalized spacial score (nSPS) is 13.4. The number of nitrogens with zero attached hydrogens (tertiary/aromatic N) is 1. The van der Waals surface area contributed by atoms with Crippen molar-refractivity contribution in [3.05, 3.63) is 35.9 Å². The van der Waals surface area contributed by atoms with E-state index in [9.17, 15) is 8.42 Å². The summed E-state index contributed by atoms with van der Waals surface area (Å²) in [7, 11) is -3.12. The zero-order chi connectivity index (χ0) is 20.0. The smallest absolute Gasteiger partial charge is 0.211 e. The van der Waals surface area contributed by atoms with Crippen LogP contribution in [0.1, 0.15) is 45.3 Å². The molecule has 0 aliphatic carbocycles. The third-order valence-corrected chi connectivity index (χ3v) is 5.31. The van der Waals surface area contributed by atoms with E-state index in [1.807, 2.05) is 25.1 Å². The van der Waals surface area contributed by atoms with Crippen LogP contribution in [0.25, 0.3) is 0 Å². The molecule has 7 nitrogen and oxygen atoms in total. The quantitative estimate of drug-likeness (QED) is 0.269. The van der Waals surface area contributed by atoms with Gasteiger partial charge in [-0.25, -0.2) is 13.1 Å². The van der Waals surface area contributed by atoms with Gasteiger partial charge in [0, 0.05) is 32.8 Å². The van der Waals surface area contributed by atoms with Gasteiger partial charge in [-0.15, -0.1) is 0 Å². The number of rotatable bonds is 13. The molecule has 1 aromatic carbocycles. The highest BCUT2D eigenvalue weighted by Crippen LogP contribution is 2.15. The lowest BCUT2D eigenvalue weighted by Crippen LogP contribution is -2.39. The standard InChI is InChI=1S/C19H34N4O3S/c1-4-20-19(21-13-9-15-23-27(24,25)5-2)22-14-10-16-26-17(3)18-11-7-6-8-12-18/h6-8,11-12,17,23H,4-5,9-10,13-16H2,1-3H3,(H2,20,21,22). The van der Waals surface area contributed by atoms with E-state index in [1.165, 1.54) is 5.56 Å². The zero-order valence-corrected chi connectivity index (χ0v) is 17.5. The van der Waals surface area contributed by atoms with E-state index in [2.05, 4.69) is 39.4 Å². The van der Waals surface area contributed by atoms with Crippen LogP contribution in [0, 0.1) is 0 Å². The van der Waals surface area contributed by atoms with Gasteiger partial charge in [0.2, 0.25) is 10.0 Å². The molecule has 0 amide bonds. The summed E-state index contributed by atoms with van der Waals surface area (Å²) in [6, 6.07) is 10.2. The second kappa shape index (κ2) is 13.5. The first-order valence-corrected chi connectivity index (χ1v) is 11.3. The summed E-state index contributed by atoms with van der Waals surface area (Å²) in [5.41, 5.74) is 1.18. The molecular formula is C19H34N4O3S. The van der Waals surface area contributed by atoms with Gasteiger partial charge in [-0.05, 0) is 39.2 Å². The Hall–Kier alpha value is -1.64. The summed E-state index contributed by atoms with van der Waals surface area (Å²) >= 11 is 0. The van der Waals surface area contributed by atoms with Gasteiger partial charge in [-0.1, -0.05) is 30.3 Å². The van der Waals surface area contributed by atoms with Crippen molar-refractivity contribution in [3.8, 4) is 0 Å². The topological polar surface area (TPSA) is 91.8 Å². The molecule has 0 aromatic heterocycles. The molecule has 154 valence electrons. The Morgan fingerprint density at radius 2 is 1.85 bits per heavy atom. The summed E-state index contributed by atoms with van der Waals surface area (Å²) in [5, 5.41) is 6.40. The van der Waals surface area contributed by atoms with Crippen molar-refractivity contribution in [2.45, 2.75) is 39.7 Å². The molecule has 1 rings (SSSR count). The van der Waals surface area contributed by atoms with Crippen molar-refractivity contribution in [1.82, 2.24) is 15.4 Å². The van der Waals surface area contributed by atoms with E-state index < -0.39 is 10.0 Å². The molecule has 1 atom stereocenters. The summed E-state index contributed by atoms with van der Waals surface area (Å²) in [4.78, 5) is 4.52. The van der Waals surface area contributed by atoms with Gasteiger partial charge in [0.15, 0.2) is 5.96 Å². The fraction of sp³-hybridized carbons (Fsp3) is 0.632. The molecule has 1 unspecified atom stereocenters. The average molecular weight is 399 g/mol. The Balaban J connectivity index is 2.22. The van der Waals surface area contributed by atoms with Gasteiger partial charge in [0.1, 0.15) is 0 Å². The molecule has 0 saturated heterocycles. The number of nitrogens with one attached hydrogen (secondary N) is 3. The lowest BCUT2D eigenvalue weighted by Gasteiger charge is -2.13. The summed E-state index contributed by atoms with van der Waals surface area (Å²) in [6.45, 7) is 8.86. The predicted molar refractivity (Wildman–Crippen MR) is 111 cm³/mol. The van der Waals surface area contributed by atoms with Gasteiger partial charge in [-0.3, -0.25) is 4.99 Å². The lowest BCUT2D eigenvalue weighted by atomic mass is 10.1. The van der Waals surface area contributed by atoms with Crippen LogP contribution in [-0.2, 0) is 14.8 Å². The Morgan fingerprint density at radius 3 is 2.52 bits per heavy atom. The van der Waals surface area contributed by atoms with Crippen molar-refractivity contribution >= 4 is 16.0 Å². The van der Waals surface area contributed by atoms with Crippen LogP contribution in [0.2, 0.25) is 0 Å². The van der Waals surface area contributed by atoms with E-state index in [4.69, 9.17) is 4.74 Å². The van der Waals surface area contributed by atoms with Gasteiger partial charge in [0.05, 0.1) is 11.9 Å². The lowest BCUT2D eigenvalue weighted by molar-refractivity contribution is 0.0652. The number of hydrogen-bond acceptors (Lipinski definition) is 4. The number of aliphatic imine (C=N–C) groups is 1. The van der Waals surface area contributed by atoms with E-state index in [-0.39, 0.29) is 11.9 Å². The number of hydrogen-bond donors (Lipinski definition) is 3. The van der Waals surface area contributed by atoms with E-state index in [1.54, 1.807) is 6.92 Å². The number of ether oxygens (including phenoxy) is 1. The van der Waals surface area contributed by atoms with E-state index in [0.717, 1.165) is 18.9 Å². The average Bonchev–Trinajstić information content (AvgIpc) is 2.67. The van der Waals surface area contributed by atoms with Gasteiger partial charge in [-0.2, -0.15) is 0 Å². The molecule has 3 N–H and O–H groups in total. The first kappa shape index (κ1) is 23.4. The van der Waals surface area contributed by atoms with Gasteiger partial charge in [0.25, 0.3) is 0 Å². The maximum absolute atomic E-state index is 11.4. The maximum Gasteiger partial charge on any atom is 0.211 e. The minimum Gasteiger partial charge on any atom is -0.374 e. The molecule has 0 aliphatic rings. The Labute approximate surface area is 164 Å². The molecule has 0 bridgehead atoms. The molecule has 8 heteroatoms. The van der Waals surface area contributed by atoms with E-state index >= 15 is 0 Å². The first-order chi connectivity index (χ1) is 13.0. The molecule has 0 radical (unpaired) electrons. The molecule has 0 saturated carbocycles. The van der Waals surface area contributed by atoms with Gasteiger partial charge < -0.3 is 15.4 Å². The first-order valence-electron chi connectivity index (χ1n) is 9.64. The van der Waals surface area contributed by atoms with Crippen LogP contribution < -0.4 is 15.4 Å². The van der Waals surface area contributed by atoms with Crippen LogP contribution in [0.15, 0.2) is 35.3 Å². The van der Waals surface area contributed by atoms with Crippen LogP contribution >= 0.6 is 0 Å². The molecule has 0 spiro atoms. The fourth-order valence-electron chi connectivity index (χ4n) is 2.30. The monoisotopic (exact) mass is 398 g/mol. The van der Waals surface area contributed by atoms with Crippen molar-refractivity contribution < 1.29 is 13.2 Å². The van der Waals surface area contributed by atoms with Crippen LogP contribution in [-0.4, -0.2) is 52.9 Å². The van der Waals surface area contributed by atoms with Gasteiger partial charge >= 0.3 is 0 Å². The minimum absolute atomic E-state index is 0.0773. The van der Waals surface area contributed by atoms with E-state index in [0.29, 0.717) is 32.7 Å². The number of guanidine groups is 1. The molecule has 1 aromatic rings. The molecule has 0 aliphatic heterocycles. The van der Waals surface area contributed by atoms with Crippen molar-refractivity contribution in [2.75, 3.05) is 38.5 Å². The van der Waals surface area contributed by atoms with Crippen molar-refractivity contribution in [2.24, 2.45) is 4.99 Å². The largest absolute Gasteiger partial charge is 0.374 e. The highest BCUT2D eigenvalue weighted by atomic mass is 32.2.